The number of hydrogen-bond donors (Lipinski definition) is 2. The summed E-state index contributed by atoms with van der Waals surface area (Å²) in [5.41, 5.74) is 4.57. The highest BCUT2D eigenvalue weighted by atomic mass is 35.5. The predicted molar refractivity (Wildman–Crippen MR) is 122 cm³/mol. The van der Waals surface area contributed by atoms with Gasteiger partial charge in [0.25, 0.3) is 0 Å². The van der Waals surface area contributed by atoms with E-state index >= 15 is 0 Å². The second-order valence-corrected chi connectivity index (χ2v) is 8.48. The van der Waals surface area contributed by atoms with Crippen LogP contribution in [0.5, 0.6) is 0 Å². The number of anilines is 3. The van der Waals surface area contributed by atoms with Gasteiger partial charge in [-0.2, -0.15) is 0 Å². The number of aromatic nitrogens is 4. The first-order valence-electron chi connectivity index (χ1n) is 10.1. The third-order valence-corrected chi connectivity index (χ3v) is 5.88. The maximum atomic E-state index is 6.42. The van der Waals surface area contributed by atoms with E-state index in [2.05, 4.69) is 44.8 Å². The Morgan fingerprint density at radius 1 is 1.13 bits per heavy atom. The third kappa shape index (κ3) is 3.34. The summed E-state index contributed by atoms with van der Waals surface area (Å²) in [4.78, 5) is 16.3. The van der Waals surface area contributed by atoms with Crippen LogP contribution in [0.25, 0.3) is 16.6 Å². The average molecular weight is 422 g/mol. The summed E-state index contributed by atoms with van der Waals surface area (Å²) in [6.45, 7) is 8.28. The molecule has 0 aliphatic carbocycles. The predicted octanol–water partition coefficient (Wildman–Crippen LogP) is 4.17. The van der Waals surface area contributed by atoms with Gasteiger partial charge in [-0.3, -0.25) is 4.40 Å². The molecular weight excluding hydrogens is 398 g/mol. The normalized spacial score (nSPS) is 19.5. The molecule has 1 aliphatic rings. The van der Waals surface area contributed by atoms with E-state index in [1.807, 2.05) is 43.8 Å². The number of benzene rings is 1. The first-order valence-corrected chi connectivity index (χ1v) is 10.5. The van der Waals surface area contributed by atoms with Crippen LogP contribution in [0.4, 0.5) is 17.3 Å². The minimum absolute atomic E-state index is 0.420. The topological polar surface area (TPSA) is 70.4 Å². The van der Waals surface area contributed by atoms with E-state index < -0.39 is 0 Å². The SMILES string of the molecule is Cc1cccc(Cl)c1Nc1nc2cnc(N3CC(C)NC(C)C3)cc2n2cncc12. The molecule has 1 aromatic carbocycles. The molecule has 1 aliphatic heterocycles. The molecule has 7 nitrogen and oxygen atoms in total. The molecule has 30 heavy (non-hydrogen) atoms. The van der Waals surface area contributed by atoms with Gasteiger partial charge in [-0.25, -0.2) is 15.0 Å². The maximum Gasteiger partial charge on any atom is 0.157 e. The highest BCUT2D eigenvalue weighted by Crippen LogP contribution is 2.31. The van der Waals surface area contributed by atoms with Crippen LogP contribution < -0.4 is 15.5 Å². The fourth-order valence-electron chi connectivity index (χ4n) is 4.23. The van der Waals surface area contributed by atoms with Crippen molar-refractivity contribution in [3.05, 3.63) is 53.6 Å². The molecule has 0 saturated carbocycles. The van der Waals surface area contributed by atoms with Crippen molar-refractivity contribution in [2.45, 2.75) is 32.9 Å². The molecule has 3 aromatic heterocycles. The van der Waals surface area contributed by atoms with Crippen molar-refractivity contribution in [1.82, 2.24) is 24.7 Å². The molecule has 0 spiro atoms. The fraction of sp³-hybridized carbons (Fsp3) is 0.318. The molecule has 4 heterocycles. The zero-order valence-corrected chi connectivity index (χ0v) is 18.0. The highest BCUT2D eigenvalue weighted by Gasteiger charge is 2.22. The number of rotatable bonds is 3. The van der Waals surface area contributed by atoms with Gasteiger partial charge in [0.2, 0.25) is 0 Å². The lowest BCUT2D eigenvalue weighted by Crippen LogP contribution is -2.54. The van der Waals surface area contributed by atoms with E-state index in [1.165, 1.54) is 0 Å². The molecule has 154 valence electrons. The quantitative estimate of drug-likeness (QED) is 0.517. The first-order chi connectivity index (χ1) is 14.5. The van der Waals surface area contributed by atoms with Crippen LogP contribution >= 0.6 is 11.6 Å². The van der Waals surface area contributed by atoms with E-state index in [4.69, 9.17) is 21.6 Å². The number of halogens is 1. The third-order valence-electron chi connectivity index (χ3n) is 5.57. The van der Waals surface area contributed by atoms with Crippen LogP contribution in [0.1, 0.15) is 19.4 Å². The summed E-state index contributed by atoms with van der Waals surface area (Å²) in [6.07, 6.45) is 5.47. The van der Waals surface area contributed by atoms with E-state index in [9.17, 15) is 0 Å². The Bertz CT molecular complexity index is 1200. The van der Waals surface area contributed by atoms with E-state index in [0.717, 1.165) is 46.7 Å². The number of nitrogens with zero attached hydrogens (tertiary/aromatic N) is 5. The van der Waals surface area contributed by atoms with E-state index in [1.54, 1.807) is 0 Å². The zero-order valence-electron chi connectivity index (χ0n) is 17.2. The van der Waals surface area contributed by atoms with Crippen LogP contribution in [0.2, 0.25) is 5.02 Å². The number of piperazine rings is 1. The van der Waals surface area contributed by atoms with Crippen LogP contribution in [0.15, 0.2) is 43.0 Å². The first kappa shape index (κ1) is 19.1. The van der Waals surface area contributed by atoms with Gasteiger partial charge < -0.3 is 15.5 Å². The van der Waals surface area contributed by atoms with Crippen LogP contribution in [0, 0.1) is 6.92 Å². The standard InChI is InChI=1S/C22H24ClN7/c1-13-5-4-6-16(23)21(13)28-22-19-9-24-12-30(19)18-7-20(25-8-17(18)27-22)29-10-14(2)26-15(3)11-29/h4-9,12,14-15,26H,10-11H2,1-3H3,(H,27,28). The number of nitrogens with one attached hydrogen (secondary N) is 2. The van der Waals surface area contributed by atoms with E-state index in [-0.39, 0.29) is 0 Å². The number of aryl methyl sites for hydroxylation is 1. The van der Waals surface area contributed by atoms with E-state index in [0.29, 0.717) is 22.9 Å². The van der Waals surface area contributed by atoms with Gasteiger partial charge in [0.05, 0.1) is 34.9 Å². The van der Waals surface area contributed by atoms with Crippen LogP contribution in [-0.2, 0) is 0 Å². The van der Waals surface area contributed by atoms with Gasteiger partial charge in [-0.05, 0) is 32.4 Å². The van der Waals surface area contributed by atoms with Crippen molar-refractivity contribution in [3.63, 3.8) is 0 Å². The Morgan fingerprint density at radius 3 is 2.70 bits per heavy atom. The maximum absolute atomic E-state index is 6.42. The smallest absolute Gasteiger partial charge is 0.157 e. The van der Waals surface area contributed by atoms with Gasteiger partial charge >= 0.3 is 0 Å². The van der Waals surface area contributed by atoms with Crippen LogP contribution in [0.3, 0.4) is 0 Å². The molecule has 1 saturated heterocycles. The minimum atomic E-state index is 0.420. The largest absolute Gasteiger partial charge is 0.353 e. The molecule has 5 rings (SSSR count). The monoisotopic (exact) mass is 421 g/mol. The lowest BCUT2D eigenvalue weighted by Gasteiger charge is -2.36. The Hall–Kier alpha value is -2.90. The van der Waals surface area contributed by atoms with Gasteiger partial charge in [0, 0.05) is 31.2 Å². The van der Waals surface area contributed by atoms with Crippen molar-refractivity contribution in [2.75, 3.05) is 23.3 Å². The van der Waals surface area contributed by atoms with Crippen LogP contribution in [-0.4, -0.2) is 44.5 Å². The molecule has 2 N–H and O–H groups in total. The van der Waals surface area contributed by atoms with Crippen molar-refractivity contribution in [2.24, 2.45) is 0 Å². The number of pyridine rings is 1. The second-order valence-electron chi connectivity index (χ2n) is 8.07. The van der Waals surface area contributed by atoms with Crippen molar-refractivity contribution in [3.8, 4) is 0 Å². The van der Waals surface area contributed by atoms with Gasteiger partial charge in [0.1, 0.15) is 16.9 Å². The highest BCUT2D eigenvalue weighted by molar-refractivity contribution is 6.33. The summed E-state index contributed by atoms with van der Waals surface area (Å²) >= 11 is 6.42. The summed E-state index contributed by atoms with van der Waals surface area (Å²) in [5.74, 6) is 1.66. The number of para-hydroxylation sites is 1. The lowest BCUT2D eigenvalue weighted by atomic mass is 10.1. The Balaban J connectivity index is 1.59. The summed E-state index contributed by atoms with van der Waals surface area (Å²) < 4.78 is 2.05. The number of fused-ring (bicyclic) bond motifs is 3. The molecule has 8 heteroatoms. The van der Waals surface area contributed by atoms with Gasteiger partial charge in [0.15, 0.2) is 5.82 Å². The Kier molecular flexibility index (Phi) is 4.72. The molecule has 4 aromatic rings. The molecule has 2 unspecified atom stereocenters. The fourth-order valence-corrected chi connectivity index (χ4v) is 4.50. The van der Waals surface area contributed by atoms with Gasteiger partial charge in [-0.1, -0.05) is 23.7 Å². The number of hydrogen-bond acceptors (Lipinski definition) is 6. The lowest BCUT2D eigenvalue weighted by molar-refractivity contribution is 0.405. The molecule has 0 radical (unpaired) electrons. The molecule has 0 bridgehead atoms. The average Bonchev–Trinajstić information content (AvgIpc) is 3.20. The van der Waals surface area contributed by atoms with Crippen molar-refractivity contribution < 1.29 is 0 Å². The van der Waals surface area contributed by atoms with Crippen molar-refractivity contribution >= 4 is 45.5 Å². The Labute approximate surface area is 180 Å². The summed E-state index contributed by atoms with van der Waals surface area (Å²) in [7, 11) is 0. The molecule has 1 fully saturated rings. The Morgan fingerprint density at radius 2 is 1.93 bits per heavy atom. The summed E-state index contributed by atoms with van der Waals surface area (Å²) in [6, 6.07) is 8.77. The van der Waals surface area contributed by atoms with Crippen molar-refractivity contribution in [1.29, 1.82) is 0 Å². The minimum Gasteiger partial charge on any atom is -0.353 e. The zero-order chi connectivity index (χ0) is 20.8. The molecule has 2 atom stereocenters. The molecular formula is C22H24ClN7. The summed E-state index contributed by atoms with van der Waals surface area (Å²) in [5, 5.41) is 7.62. The second kappa shape index (κ2) is 7.41. The molecule has 0 amide bonds. The van der Waals surface area contributed by atoms with Gasteiger partial charge in [-0.15, -0.1) is 0 Å². The number of imidazole rings is 1.